The summed E-state index contributed by atoms with van der Waals surface area (Å²) in [4.78, 5) is 11.4. The Hall–Kier alpha value is -0.420. The monoisotopic (exact) mass is 231 g/mol. The van der Waals surface area contributed by atoms with Gasteiger partial charge in [-0.05, 0) is 25.7 Å². The fraction of sp³-hybridized carbons (Fsp3) is 0.900. The topological polar surface area (TPSA) is 54.5 Å². The Morgan fingerprint density at radius 1 is 1.33 bits per heavy atom. The standard InChI is InChI=1S/C10H17NO3S/c12-10-4-1-3-9(10)5-7-11-6-2-8-15(11,13)14/h9H,1-8H2. The Balaban J connectivity index is 1.85. The highest BCUT2D eigenvalue weighted by Crippen LogP contribution is 2.25. The molecule has 1 saturated carbocycles. The molecule has 2 fully saturated rings. The summed E-state index contributed by atoms with van der Waals surface area (Å²) in [6.07, 6.45) is 4.08. The van der Waals surface area contributed by atoms with Crippen LogP contribution in [-0.2, 0) is 14.8 Å². The zero-order valence-corrected chi connectivity index (χ0v) is 9.63. The molecule has 0 aromatic heterocycles. The summed E-state index contributed by atoms with van der Waals surface area (Å²) < 4.78 is 24.5. The smallest absolute Gasteiger partial charge is 0.214 e. The lowest BCUT2D eigenvalue weighted by Crippen LogP contribution is -2.28. The summed E-state index contributed by atoms with van der Waals surface area (Å²) in [6.45, 7) is 1.18. The molecule has 1 saturated heterocycles. The van der Waals surface area contributed by atoms with Crippen LogP contribution in [-0.4, -0.2) is 37.3 Å². The Kier molecular flexibility index (Phi) is 3.11. The second-order valence-electron chi connectivity index (χ2n) is 4.41. The minimum atomic E-state index is -2.97. The third-order valence-corrected chi connectivity index (χ3v) is 5.32. The van der Waals surface area contributed by atoms with Gasteiger partial charge in [0.05, 0.1) is 5.75 Å². The van der Waals surface area contributed by atoms with Crippen LogP contribution < -0.4 is 0 Å². The van der Waals surface area contributed by atoms with E-state index >= 15 is 0 Å². The number of nitrogens with zero attached hydrogens (tertiary/aromatic N) is 1. The van der Waals surface area contributed by atoms with Crippen molar-refractivity contribution >= 4 is 15.8 Å². The van der Waals surface area contributed by atoms with Crippen LogP contribution in [0.1, 0.15) is 32.1 Å². The maximum Gasteiger partial charge on any atom is 0.214 e. The van der Waals surface area contributed by atoms with Gasteiger partial charge in [0.2, 0.25) is 10.0 Å². The molecule has 1 aliphatic heterocycles. The van der Waals surface area contributed by atoms with E-state index in [1.165, 1.54) is 0 Å². The molecule has 0 spiro atoms. The highest BCUT2D eigenvalue weighted by Gasteiger charge is 2.30. The van der Waals surface area contributed by atoms with Gasteiger partial charge in [0.15, 0.2) is 0 Å². The zero-order valence-electron chi connectivity index (χ0n) is 8.81. The minimum Gasteiger partial charge on any atom is -0.299 e. The van der Waals surface area contributed by atoms with E-state index in [-0.39, 0.29) is 11.7 Å². The zero-order chi connectivity index (χ0) is 10.9. The molecule has 1 atom stereocenters. The van der Waals surface area contributed by atoms with Crippen molar-refractivity contribution in [1.82, 2.24) is 4.31 Å². The predicted octanol–water partition coefficient (Wildman–Crippen LogP) is 0.781. The van der Waals surface area contributed by atoms with Gasteiger partial charge in [-0.2, -0.15) is 0 Å². The van der Waals surface area contributed by atoms with Gasteiger partial charge < -0.3 is 0 Å². The summed E-state index contributed by atoms with van der Waals surface area (Å²) in [7, 11) is -2.97. The van der Waals surface area contributed by atoms with Gasteiger partial charge in [-0.1, -0.05) is 0 Å². The lowest BCUT2D eigenvalue weighted by molar-refractivity contribution is -0.120. The molecule has 86 valence electrons. The van der Waals surface area contributed by atoms with E-state index in [4.69, 9.17) is 0 Å². The molecule has 5 heteroatoms. The molecule has 2 rings (SSSR count). The van der Waals surface area contributed by atoms with Gasteiger partial charge in [0, 0.05) is 25.4 Å². The van der Waals surface area contributed by atoms with Crippen LogP contribution >= 0.6 is 0 Å². The molecule has 0 N–H and O–H groups in total. The van der Waals surface area contributed by atoms with Gasteiger partial charge in [0.1, 0.15) is 5.78 Å². The number of hydrogen-bond acceptors (Lipinski definition) is 3. The number of Topliss-reactive ketones (excluding diaryl/α,β-unsaturated/α-hetero) is 1. The first-order valence-corrected chi connectivity index (χ1v) is 7.21. The first-order valence-electron chi connectivity index (χ1n) is 5.60. The van der Waals surface area contributed by atoms with Gasteiger partial charge in [-0.15, -0.1) is 0 Å². The van der Waals surface area contributed by atoms with E-state index in [1.54, 1.807) is 4.31 Å². The second-order valence-corrected chi connectivity index (χ2v) is 6.50. The average Bonchev–Trinajstić information content (AvgIpc) is 2.69. The average molecular weight is 231 g/mol. The number of carbonyl (C=O) groups excluding carboxylic acids is 1. The first kappa shape index (κ1) is 11.1. The van der Waals surface area contributed by atoms with E-state index in [2.05, 4.69) is 0 Å². The Morgan fingerprint density at radius 3 is 2.67 bits per heavy atom. The molecule has 1 unspecified atom stereocenters. The molecule has 2 aliphatic rings. The Labute approximate surface area is 90.7 Å². The van der Waals surface area contributed by atoms with Crippen molar-refractivity contribution in [3.05, 3.63) is 0 Å². The lowest BCUT2D eigenvalue weighted by Gasteiger charge is -2.16. The minimum absolute atomic E-state index is 0.126. The van der Waals surface area contributed by atoms with Crippen molar-refractivity contribution in [2.45, 2.75) is 32.1 Å². The van der Waals surface area contributed by atoms with Gasteiger partial charge >= 0.3 is 0 Å². The van der Waals surface area contributed by atoms with Crippen molar-refractivity contribution < 1.29 is 13.2 Å². The molecule has 0 aromatic carbocycles. The molecule has 1 aliphatic carbocycles. The molecule has 4 nitrogen and oxygen atoms in total. The van der Waals surface area contributed by atoms with Crippen LogP contribution in [0.3, 0.4) is 0 Å². The van der Waals surface area contributed by atoms with Crippen LogP contribution in [0.25, 0.3) is 0 Å². The number of ketones is 1. The molecule has 15 heavy (non-hydrogen) atoms. The van der Waals surface area contributed by atoms with Crippen molar-refractivity contribution in [2.24, 2.45) is 5.92 Å². The largest absolute Gasteiger partial charge is 0.299 e. The molecule has 1 heterocycles. The fourth-order valence-corrected chi connectivity index (χ4v) is 3.98. The quantitative estimate of drug-likeness (QED) is 0.721. The van der Waals surface area contributed by atoms with E-state index in [9.17, 15) is 13.2 Å². The Morgan fingerprint density at radius 2 is 2.13 bits per heavy atom. The number of hydrogen-bond donors (Lipinski definition) is 0. The third-order valence-electron chi connectivity index (χ3n) is 3.36. The fourth-order valence-electron chi connectivity index (χ4n) is 2.44. The summed E-state index contributed by atoms with van der Waals surface area (Å²) in [6, 6.07) is 0. The summed E-state index contributed by atoms with van der Waals surface area (Å²) >= 11 is 0. The van der Waals surface area contributed by atoms with Gasteiger partial charge in [-0.25, -0.2) is 12.7 Å². The maximum absolute atomic E-state index is 11.5. The van der Waals surface area contributed by atoms with Gasteiger partial charge in [-0.3, -0.25) is 4.79 Å². The van der Waals surface area contributed by atoms with Crippen LogP contribution in [0.4, 0.5) is 0 Å². The van der Waals surface area contributed by atoms with Crippen LogP contribution in [0.2, 0.25) is 0 Å². The molecule has 0 bridgehead atoms. The second kappa shape index (κ2) is 4.22. The van der Waals surface area contributed by atoms with Crippen LogP contribution in [0, 0.1) is 5.92 Å². The SMILES string of the molecule is O=C1CCCC1CCN1CCCS1(=O)=O. The van der Waals surface area contributed by atoms with Crippen LogP contribution in [0.15, 0.2) is 0 Å². The summed E-state index contributed by atoms with van der Waals surface area (Å²) in [5.74, 6) is 0.735. The molecular formula is C10H17NO3S. The molecular weight excluding hydrogens is 214 g/mol. The molecule has 0 radical (unpaired) electrons. The highest BCUT2D eigenvalue weighted by molar-refractivity contribution is 7.89. The van der Waals surface area contributed by atoms with E-state index in [0.717, 1.165) is 25.7 Å². The van der Waals surface area contributed by atoms with Crippen molar-refractivity contribution in [3.8, 4) is 0 Å². The van der Waals surface area contributed by atoms with E-state index in [0.29, 0.717) is 25.3 Å². The number of sulfonamides is 1. The lowest BCUT2D eigenvalue weighted by atomic mass is 10.0. The summed E-state index contributed by atoms with van der Waals surface area (Å²) in [5, 5.41) is 0. The van der Waals surface area contributed by atoms with Crippen molar-refractivity contribution in [3.63, 3.8) is 0 Å². The van der Waals surface area contributed by atoms with Crippen molar-refractivity contribution in [2.75, 3.05) is 18.8 Å². The van der Waals surface area contributed by atoms with Crippen LogP contribution in [0.5, 0.6) is 0 Å². The molecule has 0 aromatic rings. The normalized spacial score (nSPS) is 31.2. The molecule has 0 amide bonds. The van der Waals surface area contributed by atoms with E-state index < -0.39 is 10.0 Å². The highest BCUT2D eigenvalue weighted by atomic mass is 32.2. The Bertz CT molecular complexity index is 350. The first-order chi connectivity index (χ1) is 7.09. The van der Waals surface area contributed by atoms with Gasteiger partial charge in [0.25, 0.3) is 0 Å². The number of rotatable bonds is 3. The number of carbonyl (C=O) groups is 1. The van der Waals surface area contributed by atoms with E-state index in [1.807, 2.05) is 0 Å². The summed E-state index contributed by atoms with van der Waals surface area (Å²) in [5.41, 5.74) is 0. The predicted molar refractivity (Wildman–Crippen MR) is 56.9 cm³/mol. The van der Waals surface area contributed by atoms with Crippen molar-refractivity contribution in [1.29, 1.82) is 0 Å². The third kappa shape index (κ3) is 2.39. The maximum atomic E-state index is 11.5.